The van der Waals surface area contributed by atoms with Crippen LogP contribution < -0.4 is 4.74 Å². The van der Waals surface area contributed by atoms with Crippen molar-refractivity contribution in [2.75, 3.05) is 0 Å². The molecule has 0 spiro atoms. The number of aryl methyl sites for hydroxylation is 3. The van der Waals surface area contributed by atoms with Crippen LogP contribution in [0.4, 0.5) is 0 Å². The standard InChI is InChI=1S/C38H32N4O.Pt/c1-24(2)28-18-30(41-23-29(22-40-41)38-26(4)9-8-10-27(38)5)20-32(19-28)43-31-13-14-34-33-11-6-7-12-35(33)42(36(34)21-31)37-17-25(3)15-16-39-37;/h6-19,22-24H,1-5H3;/q-2;+2. The molecular formula is C38H32N4OPt. The van der Waals surface area contributed by atoms with Crippen molar-refractivity contribution in [3.05, 3.63) is 132 Å². The third-order valence-electron chi connectivity index (χ3n) is 8.03. The normalized spacial score (nSPS) is 11.3. The summed E-state index contributed by atoms with van der Waals surface area (Å²) in [5.74, 6) is 2.39. The van der Waals surface area contributed by atoms with Crippen LogP contribution in [0.25, 0.3) is 44.4 Å². The molecule has 0 amide bonds. The predicted octanol–water partition coefficient (Wildman–Crippen LogP) is 9.47. The van der Waals surface area contributed by atoms with Crippen LogP contribution >= 0.6 is 0 Å². The van der Waals surface area contributed by atoms with Crippen molar-refractivity contribution >= 4 is 21.8 Å². The van der Waals surface area contributed by atoms with Gasteiger partial charge in [-0.25, -0.2) is 4.98 Å². The number of rotatable bonds is 6. The molecule has 5 nitrogen and oxygen atoms in total. The SMILES string of the molecule is Cc1ccnc(-n2c3[c-]c(Oc4[c-]c(-n5cc(-c6c(C)cccc6C)cn5)cc(C(C)C)c4)ccc3c3ccccc32)c1.[Pt+2]. The summed E-state index contributed by atoms with van der Waals surface area (Å²) in [6, 6.07) is 34.1. The number of aromatic nitrogens is 4. The molecule has 0 aliphatic rings. The van der Waals surface area contributed by atoms with E-state index in [0.717, 1.165) is 50.0 Å². The first kappa shape index (κ1) is 29.6. The summed E-state index contributed by atoms with van der Waals surface area (Å²) in [6.07, 6.45) is 5.84. The van der Waals surface area contributed by atoms with Gasteiger partial charge in [0, 0.05) is 35.0 Å². The number of fused-ring (bicyclic) bond motifs is 3. The maximum atomic E-state index is 6.49. The fourth-order valence-electron chi connectivity index (χ4n) is 5.85. The quantitative estimate of drug-likeness (QED) is 0.159. The Morgan fingerprint density at radius 2 is 1.59 bits per heavy atom. The zero-order valence-electron chi connectivity index (χ0n) is 25.3. The predicted molar refractivity (Wildman–Crippen MR) is 174 cm³/mol. The third-order valence-corrected chi connectivity index (χ3v) is 8.03. The number of benzene rings is 4. The van der Waals surface area contributed by atoms with Gasteiger partial charge in [0.15, 0.2) is 0 Å². The van der Waals surface area contributed by atoms with Crippen LogP contribution in [0.2, 0.25) is 0 Å². The van der Waals surface area contributed by atoms with Gasteiger partial charge in [-0.15, -0.1) is 41.3 Å². The molecule has 0 saturated carbocycles. The maximum Gasteiger partial charge on any atom is 2.00 e. The van der Waals surface area contributed by atoms with Gasteiger partial charge in [-0.3, -0.25) is 4.68 Å². The van der Waals surface area contributed by atoms with Crippen molar-refractivity contribution in [2.45, 2.75) is 40.5 Å². The molecule has 7 rings (SSSR count). The van der Waals surface area contributed by atoms with E-state index in [-0.39, 0.29) is 21.1 Å². The summed E-state index contributed by atoms with van der Waals surface area (Å²) in [6.45, 7) is 10.7. The van der Waals surface area contributed by atoms with Crippen molar-refractivity contribution in [1.82, 2.24) is 19.3 Å². The molecule has 0 bridgehead atoms. The Hall–Kier alpha value is -4.47. The summed E-state index contributed by atoms with van der Waals surface area (Å²) in [7, 11) is 0. The van der Waals surface area contributed by atoms with Gasteiger partial charge in [0.1, 0.15) is 5.82 Å². The van der Waals surface area contributed by atoms with Gasteiger partial charge in [0.25, 0.3) is 0 Å². The topological polar surface area (TPSA) is 44.9 Å². The van der Waals surface area contributed by atoms with Gasteiger partial charge in [0.05, 0.1) is 6.20 Å². The van der Waals surface area contributed by atoms with Crippen molar-refractivity contribution in [2.24, 2.45) is 0 Å². The van der Waals surface area contributed by atoms with Crippen LogP contribution in [0.1, 0.15) is 42.0 Å². The minimum absolute atomic E-state index is 0. The monoisotopic (exact) mass is 755 g/mol. The van der Waals surface area contributed by atoms with E-state index in [9.17, 15) is 0 Å². The summed E-state index contributed by atoms with van der Waals surface area (Å²) < 4.78 is 10.5. The first-order valence-electron chi connectivity index (χ1n) is 14.6. The molecule has 3 heterocycles. The van der Waals surface area contributed by atoms with Gasteiger partial charge in [-0.1, -0.05) is 55.8 Å². The Morgan fingerprint density at radius 1 is 0.795 bits per heavy atom. The zero-order chi connectivity index (χ0) is 29.7. The van der Waals surface area contributed by atoms with Crippen LogP contribution in [-0.4, -0.2) is 19.3 Å². The van der Waals surface area contributed by atoms with E-state index in [1.807, 2.05) is 29.2 Å². The number of para-hydroxylation sites is 1. The minimum atomic E-state index is 0. The van der Waals surface area contributed by atoms with Gasteiger partial charge < -0.3 is 9.30 Å². The van der Waals surface area contributed by atoms with Crippen LogP contribution in [0.5, 0.6) is 11.5 Å². The molecule has 0 fully saturated rings. The first-order chi connectivity index (χ1) is 20.9. The average molecular weight is 756 g/mol. The second-order valence-corrected chi connectivity index (χ2v) is 11.5. The Balaban J connectivity index is 0.00000343. The second kappa shape index (κ2) is 11.9. The van der Waals surface area contributed by atoms with Crippen molar-refractivity contribution in [1.29, 1.82) is 0 Å². The molecule has 7 aromatic rings. The van der Waals surface area contributed by atoms with Crippen LogP contribution in [0, 0.1) is 32.9 Å². The van der Waals surface area contributed by atoms with Crippen molar-refractivity contribution in [3.63, 3.8) is 0 Å². The first-order valence-corrected chi connectivity index (χ1v) is 14.6. The molecule has 0 saturated heterocycles. The van der Waals surface area contributed by atoms with Gasteiger partial charge >= 0.3 is 21.1 Å². The van der Waals surface area contributed by atoms with Crippen LogP contribution in [0.15, 0.2) is 97.5 Å². The van der Waals surface area contributed by atoms with Gasteiger partial charge in [-0.2, -0.15) is 11.2 Å². The molecule has 220 valence electrons. The zero-order valence-corrected chi connectivity index (χ0v) is 27.6. The Kier molecular flexibility index (Phi) is 8.00. The van der Waals surface area contributed by atoms with Gasteiger partial charge in [0.2, 0.25) is 0 Å². The Morgan fingerprint density at radius 3 is 2.36 bits per heavy atom. The van der Waals surface area contributed by atoms with Gasteiger partial charge in [-0.05, 0) is 78.2 Å². The van der Waals surface area contributed by atoms with E-state index in [1.165, 1.54) is 16.7 Å². The van der Waals surface area contributed by atoms with E-state index < -0.39 is 0 Å². The maximum absolute atomic E-state index is 6.49. The average Bonchev–Trinajstić information content (AvgIpc) is 3.60. The number of nitrogens with zero attached hydrogens (tertiary/aromatic N) is 4. The van der Waals surface area contributed by atoms with E-state index >= 15 is 0 Å². The smallest absolute Gasteiger partial charge is 0.509 e. The molecule has 0 atom stereocenters. The molecule has 0 aliphatic carbocycles. The summed E-state index contributed by atoms with van der Waals surface area (Å²) in [5, 5.41) is 6.97. The molecule has 3 aromatic heterocycles. The summed E-state index contributed by atoms with van der Waals surface area (Å²) in [5.41, 5.74) is 9.88. The number of hydrogen-bond acceptors (Lipinski definition) is 3. The van der Waals surface area contributed by atoms with E-state index in [2.05, 4.69) is 124 Å². The number of hydrogen-bond donors (Lipinski definition) is 0. The molecule has 6 heteroatoms. The molecule has 4 aromatic carbocycles. The third kappa shape index (κ3) is 5.37. The fraction of sp³-hybridized carbons (Fsp3) is 0.158. The van der Waals surface area contributed by atoms with Crippen molar-refractivity contribution in [3.8, 4) is 34.1 Å². The van der Waals surface area contributed by atoms with E-state index in [0.29, 0.717) is 17.4 Å². The molecule has 0 N–H and O–H groups in total. The molecular weight excluding hydrogens is 724 g/mol. The number of pyridine rings is 1. The Labute approximate surface area is 272 Å². The van der Waals surface area contributed by atoms with Crippen molar-refractivity contribution < 1.29 is 25.8 Å². The van der Waals surface area contributed by atoms with Crippen LogP contribution in [0.3, 0.4) is 0 Å². The largest absolute Gasteiger partial charge is 2.00 e. The fourth-order valence-corrected chi connectivity index (χ4v) is 5.85. The van der Waals surface area contributed by atoms with E-state index in [1.54, 1.807) is 0 Å². The minimum Gasteiger partial charge on any atom is -0.509 e. The molecule has 0 unspecified atom stereocenters. The number of ether oxygens (including phenoxy) is 1. The summed E-state index contributed by atoms with van der Waals surface area (Å²) in [4.78, 5) is 4.69. The van der Waals surface area contributed by atoms with Crippen LogP contribution in [-0.2, 0) is 21.1 Å². The Bertz CT molecular complexity index is 2120. The second-order valence-electron chi connectivity index (χ2n) is 11.5. The molecule has 0 aliphatic heterocycles. The molecule has 44 heavy (non-hydrogen) atoms. The van der Waals surface area contributed by atoms with E-state index in [4.69, 9.17) is 14.8 Å². The molecule has 0 radical (unpaired) electrons. The summed E-state index contributed by atoms with van der Waals surface area (Å²) >= 11 is 0.